The molecule has 3 amide bonds. The molecule has 1 unspecified atom stereocenters. The number of imide groups is 1. The molecule has 0 saturated carbocycles. The average Bonchev–Trinajstić information content (AvgIpc) is 2.09. The molecule has 0 spiro atoms. The Morgan fingerprint density at radius 2 is 2.21 bits per heavy atom. The fraction of sp³-hybridized carbons (Fsp3) is 0.444. The number of carbonyl (C=O) groups is 3. The molecule has 1 atom stereocenters. The maximum atomic E-state index is 11.2. The molecule has 14 heavy (non-hydrogen) atoms. The maximum Gasteiger partial charge on any atom is 0.249 e. The van der Waals surface area contributed by atoms with Crippen LogP contribution in [0.25, 0.3) is 0 Å². The van der Waals surface area contributed by atoms with Crippen LogP contribution < -0.4 is 10.6 Å². The van der Waals surface area contributed by atoms with Gasteiger partial charge in [-0.3, -0.25) is 19.7 Å². The lowest BCUT2D eigenvalue weighted by molar-refractivity contribution is -0.136. The predicted octanol–water partition coefficient (Wildman–Crippen LogP) is -0.516. The van der Waals surface area contributed by atoms with Crippen molar-refractivity contribution in [3.05, 3.63) is 12.2 Å². The summed E-state index contributed by atoms with van der Waals surface area (Å²) in [5.41, 5.74) is 0.342. The third-order valence-corrected chi connectivity index (χ3v) is 1.93. The minimum absolute atomic E-state index is 0.257. The monoisotopic (exact) mass is 196 g/mol. The molecule has 2 N–H and O–H groups in total. The van der Waals surface area contributed by atoms with Crippen LogP contribution in [0.4, 0.5) is 0 Å². The summed E-state index contributed by atoms with van der Waals surface area (Å²) >= 11 is 0. The van der Waals surface area contributed by atoms with Gasteiger partial charge in [0.15, 0.2) is 0 Å². The Kier molecular flexibility index (Phi) is 3.01. The Hall–Kier alpha value is -1.65. The molecule has 5 nitrogen and oxygen atoms in total. The van der Waals surface area contributed by atoms with Gasteiger partial charge in [0.25, 0.3) is 0 Å². The van der Waals surface area contributed by atoms with Crippen molar-refractivity contribution in [1.82, 2.24) is 10.6 Å². The topological polar surface area (TPSA) is 75.3 Å². The van der Waals surface area contributed by atoms with Gasteiger partial charge in [0.05, 0.1) is 0 Å². The smallest absolute Gasteiger partial charge is 0.249 e. The van der Waals surface area contributed by atoms with E-state index in [0.29, 0.717) is 12.0 Å². The summed E-state index contributed by atoms with van der Waals surface area (Å²) < 4.78 is 0. The second kappa shape index (κ2) is 4.04. The van der Waals surface area contributed by atoms with E-state index in [1.54, 1.807) is 6.92 Å². The molecule has 0 aromatic rings. The van der Waals surface area contributed by atoms with Crippen molar-refractivity contribution in [2.75, 3.05) is 0 Å². The highest BCUT2D eigenvalue weighted by Gasteiger charge is 2.27. The van der Waals surface area contributed by atoms with E-state index in [1.165, 1.54) is 0 Å². The fourth-order valence-corrected chi connectivity index (χ4v) is 1.11. The minimum Gasteiger partial charge on any atom is -0.341 e. The molecule has 0 aliphatic carbocycles. The summed E-state index contributed by atoms with van der Waals surface area (Å²) in [4.78, 5) is 33.1. The molecule has 0 radical (unpaired) electrons. The first-order chi connectivity index (χ1) is 6.50. The van der Waals surface area contributed by atoms with Crippen molar-refractivity contribution in [1.29, 1.82) is 0 Å². The Balaban J connectivity index is 2.54. The number of rotatable bonds is 2. The van der Waals surface area contributed by atoms with Crippen LogP contribution >= 0.6 is 0 Å². The summed E-state index contributed by atoms with van der Waals surface area (Å²) in [6.07, 6.45) is 0.608. The number of carbonyl (C=O) groups excluding carboxylic acids is 3. The molecule has 76 valence electrons. The standard InChI is InChI=1S/C9H12N2O3/c1-5(2)8(13)10-6-3-4-7(12)11-9(6)14/h6H,1,3-4H2,2H3,(H,10,13)(H,11,12,14). The van der Waals surface area contributed by atoms with Gasteiger partial charge in [-0.05, 0) is 13.3 Å². The van der Waals surface area contributed by atoms with E-state index in [2.05, 4.69) is 17.2 Å². The lowest BCUT2D eigenvalue weighted by Gasteiger charge is -2.21. The summed E-state index contributed by atoms with van der Waals surface area (Å²) in [7, 11) is 0. The van der Waals surface area contributed by atoms with E-state index in [0.717, 1.165) is 0 Å². The van der Waals surface area contributed by atoms with Crippen LogP contribution in [0.1, 0.15) is 19.8 Å². The van der Waals surface area contributed by atoms with Crippen LogP contribution in [-0.4, -0.2) is 23.8 Å². The SMILES string of the molecule is C=C(C)C(=O)NC1CCC(=O)NC1=O. The summed E-state index contributed by atoms with van der Waals surface area (Å²) in [5, 5.41) is 4.64. The molecule has 1 aliphatic heterocycles. The number of hydrogen-bond donors (Lipinski definition) is 2. The number of hydrogen-bond acceptors (Lipinski definition) is 3. The highest BCUT2D eigenvalue weighted by Crippen LogP contribution is 2.04. The van der Waals surface area contributed by atoms with E-state index in [4.69, 9.17) is 0 Å². The second-order valence-corrected chi connectivity index (χ2v) is 3.26. The van der Waals surface area contributed by atoms with Crippen LogP contribution in [0.3, 0.4) is 0 Å². The van der Waals surface area contributed by atoms with Gasteiger partial charge in [-0.25, -0.2) is 0 Å². The number of amides is 3. The van der Waals surface area contributed by atoms with Crippen molar-refractivity contribution in [2.24, 2.45) is 0 Å². The van der Waals surface area contributed by atoms with Crippen molar-refractivity contribution in [3.8, 4) is 0 Å². The lowest BCUT2D eigenvalue weighted by atomic mass is 10.1. The van der Waals surface area contributed by atoms with Gasteiger partial charge in [0.1, 0.15) is 6.04 Å². The number of piperidine rings is 1. The van der Waals surface area contributed by atoms with Crippen molar-refractivity contribution < 1.29 is 14.4 Å². The Morgan fingerprint density at radius 3 is 2.71 bits per heavy atom. The molecule has 1 rings (SSSR count). The van der Waals surface area contributed by atoms with Gasteiger partial charge in [0, 0.05) is 12.0 Å². The Morgan fingerprint density at radius 1 is 1.57 bits per heavy atom. The summed E-state index contributed by atoms with van der Waals surface area (Å²) in [6, 6.07) is -0.614. The lowest BCUT2D eigenvalue weighted by Crippen LogP contribution is -2.52. The van der Waals surface area contributed by atoms with E-state index in [-0.39, 0.29) is 18.2 Å². The Labute approximate surface area is 81.5 Å². The predicted molar refractivity (Wildman–Crippen MR) is 49.1 cm³/mol. The first kappa shape index (κ1) is 10.4. The van der Waals surface area contributed by atoms with Gasteiger partial charge in [-0.15, -0.1) is 0 Å². The highest BCUT2D eigenvalue weighted by molar-refractivity contribution is 6.03. The Bertz CT molecular complexity index is 309. The van der Waals surface area contributed by atoms with E-state index < -0.39 is 11.9 Å². The zero-order valence-electron chi connectivity index (χ0n) is 7.92. The largest absolute Gasteiger partial charge is 0.341 e. The fourth-order valence-electron chi connectivity index (χ4n) is 1.11. The van der Waals surface area contributed by atoms with Crippen LogP contribution in [0.2, 0.25) is 0 Å². The first-order valence-electron chi connectivity index (χ1n) is 4.31. The first-order valence-corrected chi connectivity index (χ1v) is 4.31. The molecule has 1 saturated heterocycles. The quantitative estimate of drug-likeness (QED) is 0.461. The molecule has 5 heteroatoms. The van der Waals surface area contributed by atoms with Gasteiger partial charge in [-0.2, -0.15) is 0 Å². The average molecular weight is 196 g/mol. The molecule has 0 aromatic heterocycles. The van der Waals surface area contributed by atoms with Crippen molar-refractivity contribution >= 4 is 17.7 Å². The molecule has 0 aromatic carbocycles. The molecule has 1 fully saturated rings. The van der Waals surface area contributed by atoms with Crippen molar-refractivity contribution in [3.63, 3.8) is 0 Å². The number of nitrogens with one attached hydrogen (secondary N) is 2. The van der Waals surface area contributed by atoms with Gasteiger partial charge in [0.2, 0.25) is 17.7 Å². The molecular weight excluding hydrogens is 184 g/mol. The van der Waals surface area contributed by atoms with E-state index in [1.807, 2.05) is 0 Å². The molecule has 1 aliphatic rings. The second-order valence-electron chi connectivity index (χ2n) is 3.26. The van der Waals surface area contributed by atoms with E-state index >= 15 is 0 Å². The third-order valence-electron chi connectivity index (χ3n) is 1.93. The molecule has 0 bridgehead atoms. The van der Waals surface area contributed by atoms with Crippen LogP contribution in [0, 0.1) is 0 Å². The summed E-state index contributed by atoms with van der Waals surface area (Å²) in [6.45, 7) is 5.01. The van der Waals surface area contributed by atoms with Gasteiger partial charge in [-0.1, -0.05) is 6.58 Å². The highest BCUT2D eigenvalue weighted by atomic mass is 16.2. The normalized spacial score (nSPS) is 21.4. The van der Waals surface area contributed by atoms with E-state index in [9.17, 15) is 14.4 Å². The molecule has 1 heterocycles. The molecular formula is C9H12N2O3. The van der Waals surface area contributed by atoms with Crippen LogP contribution in [0.5, 0.6) is 0 Å². The maximum absolute atomic E-state index is 11.2. The zero-order chi connectivity index (χ0) is 10.7. The minimum atomic E-state index is -0.614. The van der Waals surface area contributed by atoms with Crippen LogP contribution in [0.15, 0.2) is 12.2 Å². The summed E-state index contributed by atoms with van der Waals surface area (Å²) in [5.74, 6) is -1.11. The third kappa shape index (κ3) is 2.42. The van der Waals surface area contributed by atoms with Crippen molar-refractivity contribution in [2.45, 2.75) is 25.8 Å². The van der Waals surface area contributed by atoms with Gasteiger partial charge >= 0.3 is 0 Å². The zero-order valence-corrected chi connectivity index (χ0v) is 7.92. The van der Waals surface area contributed by atoms with Crippen LogP contribution in [-0.2, 0) is 14.4 Å². The van der Waals surface area contributed by atoms with Gasteiger partial charge < -0.3 is 5.32 Å².